The number of nitrogens with one attached hydrogen (secondary N) is 1. The third-order valence-electron chi connectivity index (χ3n) is 2.17. The molecular weight excluding hydrogens is 321 g/mol. The lowest BCUT2D eigenvalue weighted by Gasteiger charge is -2.10. The molecule has 1 amide bonds. The summed E-state index contributed by atoms with van der Waals surface area (Å²) >= 11 is 2.06. The molecule has 1 rings (SSSR count). The van der Waals surface area contributed by atoms with Crippen molar-refractivity contribution in [2.45, 2.75) is 19.4 Å². The molecule has 0 aliphatic heterocycles. The van der Waals surface area contributed by atoms with Crippen LogP contribution in [0.2, 0.25) is 0 Å². The maximum absolute atomic E-state index is 11.7. The lowest BCUT2D eigenvalue weighted by molar-refractivity contribution is 0.0911. The monoisotopic (exact) mass is 335 g/mol. The molecule has 0 saturated heterocycles. The van der Waals surface area contributed by atoms with Crippen LogP contribution in [0.15, 0.2) is 18.2 Å². The molecule has 0 spiro atoms. The number of halogens is 1. The molecule has 0 aliphatic carbocycles. The zero-order chi connectivity index (χ0) is 12.1. The van der Waals surface area contributed by atoms with Crippen molar-refractivity contribution in [3.63, 3.8) is 0 Å². The Hall–Kier alpha value is -0.820. The summed E-state index contributed by atoms with van der Waals surface area (Å²) in [5, 5.41) is 21.4. The van der Waals surface area contributed by atoms with Crippen molar-refractivity contribution in [2.24, 2.45) is 0 Å². The van der Waals surface area contributed by atoms with Gasteiger partial charge in [-0.2, -0.15) is 0 Å². The molecule has 0 radical (unpaired) electrons. The van der Waals surface area contributed by atoms with Crippen LogP contribution in [0.3, 0.4) is 0 Å². The molecule has 3 N–H and O–H groups in total. The molecule has 1 atom stereocenters. The molecule has 1 unspecified atom stereocenters. The first-order valence-electron chi connectivity index (χ1n) is 4.99. The van der Waals surface area contributed by atoms with E-state index in [1.54, 1.807) is 12.1 Å². The van der Waals surface area contributed by atoms with Crippen LogP contribution in [0.5, 0.6) is 5.75 Å². The molecule has 16 heavy (non-hydrogen) atoms. The maximum Gasteiger partial charge on any atom is 0.255 e. The normalized spacial score (nSPS) is 12.2. The lowest BCUT2D eigenvalue weighted by atomic mass is 10.2. The molecule has 0 aliphatic rings. The number of phenolic OH excluding ortho intramolecular Hbond substituents is 1. The van der Waals surface area contributed by atoms with E-state index in [-0.39, 0.29) is 23.8 Å². The van der Waals surface area contributed by atoms with Gasteiger partial charge in [0.15, 0.2) is 0 Å². The summed E-state index contributed by atoms with van der Waals surface area (Å²) in [5.74, 6) is -0.424. The Kier molecular flexibility index (Phi) is 5.01. The molecule has 5 heteroatoms. The molecular formula is C11H14INO3. The highest BCUT2D eigenvalue weighted by Crippen LogP contribution is 2.19. The van der Waals surface area contributed by atoms with Gasteiger partial charge in [0.1, 0.15) is 5.75 Å². The number of amides is 1. The molecule has 0 saturated carbocycles. The minimum atomic E-state index is -0.547. The smallest absolute Gasteiger partial charge is 0.255 e. The number of aliphatic hydroxyl groups excluding tert-OH is 1. The minimum Gasteiger partial charge on any atom is -0.507 e. The van der Waals surface area contributed by atoms with Gasteiger partial charge in [0, 0.05) is 10.1 Å². The average molecular weight is 335 g/mol. The van der Waals surface area contributed by atoms with E-state index in [2.05, 4.69) is 27.9 Å². The summed E-state index contributed by atoms with van der Waals surface area (Å²) in [7, 11) is 0. The fraction of sp³-hybridized carbons (Fsp3) is 0.364. The van der Waals surface area contributed by atoms with Gasteiger partial charge in [-0.3, -0.25) is 4.79 Å². The predicted octanol–water partition coefficient (Wildman–Crippen LogP) is 1.50. The van der Waals surface area contributed by atoms with Gasteiger partial charge < -0.3 is 15.5 Å². The zero-order valence-electron chi connectivity index (χ0n) is 8.90. The number of carbonyl (C=O) groups excluding carboxylic acids is 1. The van der Waals surface area contributed by atoms with E-state index in [9.17, 15) is 15.0 Å². The fourth-order valence-corrected chi connectivity index (χ4v) is 1.63. The summed E-state index contributed by atoms with van der Waals surface area (Å²) in [4.78, 5) is 11.7. The quantitative estimate of drug-likeness (QED) is 0.731. The first kappa shape index (κ1) is 13.2. The Morgan fingerprint density at radius 2 is 2.25 bits per heavy atom. The van der Waals surface area contributed by atoms with Gasteiger partial charge in [-0.25, -0.2) is 0 Å². The van der Waals surface area contributed by atoms with E-state index in [1.807, 2.05) is 6.92 Å². The van der Waals surface area contributed by atoms with Gasteiger partial charge in [0.05, 0.1) is 11.7 Å². The summed E-state index contributed by atoms with van der Waals surface area (Å²) in [5.41, 5.74) is 0.232. The summed E-state index contributed by atoms with van der Waals surface area (Å²) in [6, 6.07) is 4.80. The molecule has 0 aromatic heterocycles. The predicted molar refractivity (Wildman–Crippen MR) is 69.5 cm³/mol. The third kappa shape index (κ3) is 3.64. The van der Waals surface area contributed by atoms with Crippen molar-refractivity contribution in [3.8, 4) is 5.75 Å². The van der Waals surface area contributed by atoms with E-state index < -0.39 is 6.10 Å². The second-order valence-corrected chi connectivity index (χ2v) is 4.68. The van der Waals surface area contributed by atoms with Crippen molar-refractivity contribution in [1.29, 1.82) is 0 Å². The third-order valence-corrected chi connectivity index (χ3v) is 2.84. The zero-order valence-corrected chi connectivity index (χ0v) is 11.1. The molecule has 0 bridgehead atoms. The number of aliphatic hydroxyl groups is 1. The Balaban J connectivity index is 2.69. The van der Waals surface area contributed by atoms with Crippen molar-refractivity contribution >= 4 is 28.5 Å². The molecule has 1 aromatic rings. The van der Waals surface area contributed by atoms with E-state index in [0.29, 0.717) is 6.42 Å². The first-order valence-corrected chi connectivity index (χ1v) is 6.07. The van der Waals surface area contributed by atoms with Crippen LogP contribution < -0.4 is 5.32 Å². The number of aromatic hydroxyl groups is 1. The van der Waals surface area contributed by atoms with E-state index in [0.717, 1.165) is 3.57 Å². The number of hydrogen-bond donors (Lipinski definition) is 3. The average Bonchev–Trinajstić information content (AvgIpc) is 2.28. The summed E-state index contributed by atoms with van der Waals surface area (Å²) in [6.07, 6.45) is 0.0346. The Morgan fingerprint density at radius 1 is 1.56 bits per heavy atom. The van der Waals surface area contributed by atoms with Crippen molar-refractivity contribution in [3.05, 3.63) is 27.3 Å². The lowest BCUT2D eigenvalue weighted by Crippen LogP contribution is -2.31. The highest BCUT2D eigenvalue weighted by molar-refractivity contribution is 14.1. The van der Waals surface area contributed by atoms with Crippen LogP contribution in [0, 0.1) is 3.57 Å². The molecule has 4 nitrogen and oxygen atoms in total. The minimum absolute atomic E-state index is 0.0519. The van der Waals surface area contributed by atoms with Crippen molar-refractivity contribution in [2.75, 3.05) is 6.54 Å². The van der Waals surface area contributed by atoms with Gasteiger partial charge in [0.25, 0.3) is 5.91 Å². The number of carbonyl (C=O) groups is 1. The highest BCUT2D eigenvalue weighted by Gasteiger charge is 2.12. The number of phenols is 1. The molecule has 0 fully saturated rings. The van der Waals surface area contributed by atoms with E-state index in [1.165, 1.54) is 6.07 Å². The van der Waals surface area contributed by atoms with Gasteiger partial charge >= 0.3 is 0 Å². The number of rotatable bonds is 4. The van der Waals surface area contributed by atoms with Crippen LogP contribution in [-0.4, -0.2) is 28.8 Å². The van der Waals surface area contributed by atoms with Crippen molar-refractivity contribution in [1.82, 2.24) is 5.32 Å². The first-order chi connectivity index (χ1) is 7.54. The van der Waals surface area contributed by atoms with Gasteiger partial charge in [-0.1, -0.05) is 6.92 Å². The second kappa shape index (κ2) is 6.05. The van der Waals surface area contributed by atoms with Crippen LogP contribution in [0.4, 0.5) is 0 Å². The number of benzene rings is 1. The van der Waals surface area contributed by atoms with E-state index >= 15 is 0 Å². The Labute approximate surface area is 108 Å². The summed E-state index contributed by atoms with van der Waals surface area (Å²) < 4.78 is 0.872. The molecule has 88 valence electrons. The van der Waals surface area contributed by atoms with E-state index in [4.69, 9.17) is 0 Å². The Morgan fingerprint density at radius 3 is 2.88 bits per heavy atom. The van der Waals surface area contributed by atoms with Gasteiger partial charge in [-0.15, -0.1) is 0 Å². The fourth-order valence-electron chi connectivity index (χ4n) is 1.14. The summed E-state index contributed by atoms with van der Waals surface area (Å²) in [6.45, 7) is 2.03. The maximum atomic E-state index is 11.7. The number of hydrogen-bond acceptors (Lipinski definition) is 3. The standard InChI is InChI=1S/C11H14INO3/c1-2-8(14)6-13-11(16)9-5-7(12)3-4-10(9)15/h3-5,8,14-15H,2,6H2,1H3,(H,13,16). The SMILES string of the molecule is CCC(O)CNC(=O)c1cc(I)ccc1O. The topological polar surface area (TPSA) is 69.6 Å². The van der Waals surface area contributed by atoms with Crippen molar-refractivity contribution < 1.29 is 15.0 Å². The molecule has 0 heterocycles. The van der Waals surface area contributed by atoms with Gasteiger partial charge in [0.2, 0.25) is 0 Å². The van der Waals surface area contributed by atoms with Crippen LogP contribution in [0.25, 0.3) is 0 Å². The molecule has 1 aromatic carbocycles. The highest BCUT2D eigenvalue weighted by atomic mass is 127. The Bertz CT molecular complexity index is 381. The van der Waals surface area contributed by atoms with Gasteiger partial charge in [-0.05, 0) is 47.2 Å². The second-order valence-electron chi connectivity index (χ2n) is 3.43. The largest absolute Gasteiger partial charge is 0.507 e. The van der Waals surface area contributed by atoms with Crippen LogP contribution in [0.1, 0.15) is 23.7 Å². The van der Waals surface area contributed by atoms with Crippen LogP contribution in [-0.2, 0) is 0 Å². The van der Waals surface area contributed by atoms with Crippen LogP contribution >= 0.6 is 22.6 Å².